The number of nitrogens with zero attached hydrogens (tertiary/aromatic N) is 1. The fourth-order valence-electron chi connectivity index (χ4n) is 3.12. The number of carbonyl (C=O) groups excluding carboxylic acids is 1. The van der Waals surface area contributed by atoms with Crippen LogP contribution in [-0.4, -0.2) is 10.4 Å². The number of hydrogen-bond donors (Lipinski definition) is 1. The maximum absolute atomic E-state index is 11.9. The molecule has 0 saturated carbocycles. The van der Waals surface area contributed by atoms with E-state index in [0.29, 0.717) is 0 Å². The topological polar surface area (TPSA) is 34.0 Å². The van der Waals surface area contributed by atoms with Gasteiger partial charge in [0.15, 0.2) is 5.78 Å². The molecule has 1 aromatic heterocycles. The number of nitrogens with one attached hydrogen (secondary N) is 1. The van der Waals surface area contributed by atoms with Gasteiger partial charge in [0.1, 0.15) is 0 Å². The van der Waals surface area contributed by atoms with Crippen LogP contribution >= 0.6 is 0 Å². The number of fused-ring (bicyclic) bond motifs is 2. The van der Waals surface area contributed by atoms with E-state index < -0.39 is 0 Å². The highest BCUT2D eigenvalue weighted by Crippen LogP contribution is 2.30. The molecule has 1 aliphatic heterocycles. The lowest BCUT2D eigenvalue weighted by Crippen LogP contribution is -2.01. The average molecular weight is 242 g/mol. The monoisotopic (exact) mass is 242 g/mol. The summed E-state index contributed by atoms with van der Waals surface area (Å²) in [6, 6.07) is 4.44. The van der Waals surface area contributed by atoms with E-state index in [0.717, 1.165) is 36.3 Å². The Bertz CT molecular complexity index is 652. The fraction of sp³-hybridized carbons (Fsp3) is 0.400. The summed E-state index contributed by atoms with van der Waals surface area (Å²) in [6.45, 7) is 8.59. The van der Waals surface area contributed by atoms with Crippen molar-refractivity contribution in [1.29, 1.82) is 0 Å². The van der Waals surface area contributed by atoms with Gasteiger partial charge in [-0.1, -0.05) is 0 Å². The zero-order valence-corrected chi connectivity index (χ0v) is 11.1. The number of benzene rings is 1. The summed E-state index contributed by atoms with van der Waals surface area (Å²) < 4.78 is 2.24. The summed E-state index contributed by atoms with van der Waals surface area (Å²) in [7, 11) is 0. The van der Waals surface area contributed by atoms with Crippen molar-refractivity contribution in [2.24, 2.45) is 0 Å². The third kappa shape index (κ3) is 1.44. The zero-order chi connectivity index (χ0) is 12.9. The molecule has 1 N–H and O–H groups in total. The Morgan fingerprint density at radius 1 is 1.33 bits per heavy atom. The first-order valence-corrected chi connectivity index (χ1v) is 6.49. The summed E-state index contributed by atoms with van der Waals surface area (Å²) in [4.78, 5) is 11.9. The van der Waals surface area contributed by atoms with Gasteiger partial charge >= 0.3 is 0 Å². The second-order valence-corrected chi connectivity index (χ2v) is 5.00. The first kappa shape index (κ1) is 11.5. The second kappa shape index (κ2) is 3.95. The highest BCUT2D eigenvalue weighted by Gasteiger charge is 2.20. The smallest absolute Gasteiger partial charge is 0.162 e. The number of Topliss-reactive ketones (excluding diaryl/α,β-unsaturated/α-hetero) is 1. The number of hydrogen-bond acceptors (Lipinski definition) is 2. The Morgan fingerprint density at radius 3 is 2.61 bits per heavy atom. The third-order valence-corrected chi connectivity index (χ3v) is 3.94. The van der Waals surface area contributed by atoms with Gasteiger partial charge in [0, 0.05) is 41.8 Å². The molecule has 0 atom stereocenters. The molecule has 0 saturated heterocycles. The van der Waals surface area contributed by atoms with Gasteiger partial charge < -0.3 is 9.88 Å². The molecular formula is C15H18N2O. The van der Waals surface area contributed by atoms with E-state index >= 15 is 0 Å². The van der Waals surface area contributed by atoms with Crippen LogP contribution in [0.5, 0.6) is 0 Å². The van der Waals surface area contributed by atoms with Crippen molar-refractivity contribution in [2.45, 2.75) is 40.4 Å². The van der Waals surface area contributed by atoms with Crippen LogP contribution in [-0.2, 0) is 19.6 Å². The molecule has 0 aliphatic carbocycles. The van der Waals surface area contributed by atoms with Crippen LogP contribution in [0.3, 0.4) is 0 Å². The molecule has 3 rings (SSSR count). The highest BCUT2D eigenvalue weighted by atomic mass is 16.1. The minimum absolute atomic E-state index is 0.163. The molecule has 0 fully saturated rings. The summed E-state index contributed by atoms with van der Waals surface area (Å²) in [6.07, 6.45) is 0. The second-order valence-electron chi connectivity index (χ2n) is 5.00. The molecule has 0 bridgehead atoms. The van der Waals surface area contributed by atoms with Crippen LogP contribution in [0.25, 0.3) is 10.9 Å². The molecule has 0 spiro atoms. The van der Waals surface area contributed by atoms with Crippen molar-refractivity contribution in [1.82, 2.24) is 9.88 Å². The van der Waals surface area contributed by atoms with Crippen LogP contribution in [0.2, 0.25) is 0 Å². The normalized spacial score (nSPS) is 14.2. The zero-order valence-electron chi connectivity index (χ0n) is 11.1. The summed E-state index contributed by atoms with van der Waals surface area (Å²) >= 11 is 0. The van der Waals surface area contributed by atoms with Crippen LogP contribution in [0.15, 0.2) is 12.1 Å². The predicted octanol–water partition coefficient (Wildman–Crippen LogP) is 2.78. The van der Waals surface area contributed by atoms with Crippen molar-refractivity contribution in [3.8, 4) is 0 Å². The fourth-order valence-corrected chi connectivity index (χ4v) is 3.12. The van der Waals surface area contributed by atoms with E-state index in [1.54, 1.807) is 6.92 Å². The molecule has 0 unspecified atom stereocenters. The van der Waals surface area contributed by atoms with Gasteiger partial charge in [-0.2, -0.15) is 0 Å². The maximum atomic E-state index is 11.9. The van der Waals surface area contributed by atoms with Crippen LogP contribution in [0.1, 0.15) is 41.0 Å². The summed E-state index contributed by atoms with van der Waals surface area (Å²) in [5, 5.41) is 4.47. The van der Waals surface area contributed by atoms with E-state index in [2.05, 4.69) is 28.9 Å². The lowest BCUT2D eigenvalue weighted by Gasteiger charge is -2.05. The van der Waals surface area contributed by atoms with Gasteiger partial charge in [0.2, 0.25) is 0 Å². The van der Waals surface area contributed by atoms with Gasteiger partial charge in [-0.05, 0) is 44.0 Å². The van der Waals surface area contributed by atoms with Gasteiger partial charge in [0.05, 0.1) is 0 Å². The molecule has 2 heterocycles. The first-order valence-electron chi connectivity index (χ1n) is 6.49. The summed E-state index contributed by atoms with van der Waals surface area (Å²) in [5.74, 6) is 0.163. The number of rotatable bonds is 2. The van der Waals surface area contributed by atoms with Gasteiger partial charge in [0.25, 0.3) is 0 Å². The number of carbonyl (C=O) groups is 1. The SMILES string of the molecule is CCn1c(C)c(C(C)=O)c2cc3c(cc21)CNC3. The molecular weight excluding hydrogens is 224 g/mol. The Balaban J connectivity index is 2.41. The maximum Gasteiger partial charge on any atom is 0.162 e. The van der Waals surface area contributed by atoms with Crippen LogP contribution in [0, 0.1) is 6.92 Å². The molecule has 3 nitrogen and oxygen atoms in total. The number of ketones is 1. The molecule has 18 heavy (non-hydrogen) atoms. The molecule has 1 aliphatic rings. The minimum atomic E-state index is 0.163. The van der Waals surface area contributed by atoms with Crippen molar-refractivity contribution < 1.29 is 4.79 Å². The summed E-state index contributed by atoms with van der Waals surface area (Å²) in [5.41, 5.74) is 5.88. The Kier molecular flexibility index (Phi) is 2.52. The number of aryl methyl sites for hydroxylation is 1. The quantitative estimate of drug-likeness (QED) is 0.822. The molecule has 2 aromatic rings. The molecule has 0 radical (unpaired) electrons. The standard InChI is InChI=1S/C15H18N2O/c1-4-17-9(2)15(10(3)18)13-5-11-7-16-8-12(11)6-14(13)17/h5-6,16H,4,7-8H2,1-3H3. The molecule has 1 aromatic carbocycles. The van der Waals surface area contributed by atoms with E-state index in [-0.39, 0.29) is 5.78 Å². The van der Waals surface area contributed by atoms with E-state index in [9.17, 15) is 4.79 Å². The Hall–Kier alpha value is -1.61. The molecule has 94 valence electrons. The van der Waals surface area contributed by atoms with Gasteiger partial charge in [-0.3, -0.25) is 4.79 Å². The Morgan fingerprint density at radius 2 is 2.00 bits per heavy atom. The van der Waals surface area contributed by atoms with Crippen molar-refractivity contribution in [2.75, 3.05) is 0 Å². The lowest BCUT2D eigenvalue weighted by molar-refractivity contribution is 0.101. The first-order chi connectivity index (χ1) is 8.63. The number of aromatic nitrogens is 1. The van der Waals surface area contributed by atoms with E-state index in [1.807, 2.05) is 6.92 Å². The van der Waals surface area contributed by atoms with Crippen molar-refractivity contribution in [3.05, 3.63) is 34.5 Å². The van der Waals surface area contributed by atoms with Crippen molar-refractivity contribution in [3.63, 3.8) is 0 Å². The Labute approximate surface area is 107 Å². The van der Waals surface area contributed by atoms with Gasteiger partial charge in [-0.15, -0.1) is 0 Å². The van der Waals surface area contributed by atoms with Gasteiger partial charge in [-0.25, -0.2) is 0 Å². The largest absolute Gasteiger partial charge is 0.344 e. The minimum Gasteiger partial charge on any atom is -0.344 e. The molecule has 0 amide bonds. The van der Waals surface area contributed by atoms with E-state index in [1.165, 1.54) is 16.6 Å². The third-order valence-electron chi connectivity index (χ3n) is 3.94. The molecule has 3 heteroatoms. The lowest BCUT2D eigenvalue weighted by atomic mass is 10.0. The average Bonchev–Trinajstić information content (AvgIpc) is 2.86. The van der Waals surface area contributed by atoms with Crippen LogP contribution < -0.4 is 5.32 Å². The van der Waals surface area contributed by atoms with Crippen LogP contribution in [0.4, 0.5) is 0 Å². The van der Waals surface area contributed by atoms with E-state index in [4.69, 9.17) is 0 Å². The van der Waals surface area contributed by atoms with Crippen molar-refractivity contribution >= 4 is 16.7 Å². The highest BCUT2D eigenvalue weighted by molar-refractivity contribution is 6.08. The predicted molar refractivity (Wildman–Crippen MR) is 72.9 cm³/mol.